The van der Waals surface area contributed by atoms with Crippen LogP contribution < -0.4 is 10.1 Å². The van der Waals surface area contributed by atoms with Gasteiger partial charge in [-0.3, -0.25) is 18.6 Å². The van der Waals surface area contributed by atoms with Gasteiger partial charge in [-0.15, -0.1) is 0 Å². The second kappa shape index (κ2) is 8.70. The van der Waals surface area contributed by atoms with Crippen LogP contribution in [0.25, 0.3) is 11.3 Å². The summed E-state index contributed by atoms with van der Waals surface area (Å²) in [5.74, 6) is -0.410. The summed E-state index contributed by atoms with van der Waals surface area (Å²) < 4.78 is 66.2. The zero-order valence-corrected chi connectivity index (χ0v) is 20.5. The maximum atomic E-state index is 14.8. The Bertz CT molecular complexity index is 1140. The van der Waals surface area contributed by atoms with Crippen LogP contribution >= 0.6 is 10.6 Å². The summed E-state index contributed by atoms with van der Waals surface area (Å²) in [5.41, 5.74) is 1.59. The smallest absolute Gasteiger partial charge is 0.387 e. The lowest BCUT2D eigenvalue weighted by atomic mass is 9.84. The molecule has 7 nitrogen and oxygen atoms in total. The lowest BCUT2D eigenvalue weighted by Crippen LogP contribution is -2.62. The van der Waals surface area contributed by atoms with Crippen molar-refractivity contribution in [3.63, 3.8) is 0 Å². The molecule has 1 amide bonds. The third-order valence-corrected chi connectivity index (χ3v) is 9.50. The van der Waals surface area contributed by atoms with Crippen molar-refractivity contribution in [3.05, 3.63) is 35.3 Å². The van der Waals surface area contributed by atoms with Crippen molar-refractivity contribution in [1.82, 2.24) is 15.1 Å². The fourth-order valence-electron chi connectivity index (χ4n) is 5.50. The number of nitrogens with one attached hydrogen (secondary N) is 1. The fraction of sp³-hybridized carbons (Fsp3) is 0.583. The van der Waals surface area contributed by atoms with Crippen molar-refractivity contribution in [3.8, 4) is 17.0 Å². The minimum atomic E-state index is -3.02. The SMILES string of the molecule is C[C@H](C1CC1)n1nc(-c2cc(OC(F)F)ccc2F)c2c1CC(C(=O)NC1(C)CS(O)(O)C1)CC2. The van der Waals surface area contributed by atoms with Crippen LogP contribution in [0.1, 0.15) is 50.4 Å². The van der Waals surface area contributed by atoms with E-state index in [1.54, 1.807) is 0 Å². The molecule has 1 unspecified atom stereocenters. The van der Waals surface area contributed by atoms with Crippen LogP contribution in [-0.4, -0.2) is 48.4 Å². The second-order valence-electron chi connectivity index (χ2n) is 10.4. The summed E-state index contributed by atoms with van der Waals surface area (Å²) >= 11 is 0. The van der Waals surface area contributed by atoms with Crippen molar-refractivity contribution in [2.75, 3.05) is 11.5 Å². The van der Waals surface area contributed by atoms with Crippen molar-refractivity contribution in [1.29, 1.82) is 0 Å². The molecule has 1 saturated heterocycles. The zero-order chi connectivity index (χ0) is 25.1. The van der Waals surface area contributed by atoms with E-state index < -0.39 is 28.6 Å². The number of carbonyl (C=O) groups excluding carboxylic acids is 1. The first-order valence-electron chi connectivity index (χ1n) is 11.9. The maximum Gasteiger partial charge on any atom is 0.387 e. The zero-order valence-electron chi connectivity index (χ0n) is 19.6. The number of hydrogen-bond acceptors (Lipinski definition) is 5. The molecule has 0 radical (unpaired) electrons. The van der Waals surface area contributed by atoms with Gasteiger partial charge in [0, 0.05) is 29.2 Å². The number of hydrogen-bond donors (Lipinski definition) is 3. The normalized spacial score (nSPS) is 24.3. The van der Waals surface area contributed by atoms with E-state index in [4.69, 9.17) is 5.10 Å². The van der Waals surface area contributed by atoms with E-state index in [9.17, 15) is 27.1 Å². The van der Waals surface area contributed by atoms with E-state index >= 15 is 0 Å². The minimum Gasteiger partial charge on any atom is -0.435 e. The average molecular weight is 514 g/mol. The number of rotatable bonds is 7. The topological polar surface area (TPSA) is 96.6 Å². The van der Waals surface area contributed by atoms with Gasteiger partial charge >= 0.3 is 6.61 Å². The number of fused-ring (bicyclic) bond motifs is 1. The molecule has 1 saturated carbocycles. The Kier molecular flexibility index (Phi) is 6.08. The molecule has 3 N–H and O–H groups in total. The largest absolute Gasteiger partial charge is 0.435 e. The third kappa shape index (κ3) is 4.90. The van der Waals surface area contributed by atoms with E-state index in [1.807, 2.05) is 11.6 Å². The molecule has 11 heteroatoms. The molecule has 2 aromatic rings. The highest BCUT2D eigenvalue weighted by atomic mass is 32.3. The molecular formula is C24H30F3N3O4S. The summed E-state index contributed by atoms with van der Waals surface area (Å²) in [4.78, 5) is 13.1. The van der Waals surface area contributed by atoms with E-state index in [-0.39, 0.29) is 40.7 Å². The molecule has 2 heterocycles. The van der Waals surface area contributed by atoms with E-state index in [0.29, 0.717) is 30.9 Å². The van der Waals surface area contributed by atoms with Crippen LogP contribution in [0.4, 0.5) is 13.2 Å². The minimum absolute atomic E-state index is 0.0695. The fourth-order valence-corrected chi connectivity index (χ4v) is 7.60. The predicted octanol–water partition coefficient (Wildman–Crippen LogP) is 5.01. The number of ether oxygens (including phenoxy) is 1. The van der Waals surface area contributed by atoms with Gasteiger partial charge in [0.15, 0.2) is 0 Å². The Morgan fingerprint density at radius 3 is 2.63 bits per heavy atom. The van der Waals surface area contributed by atoms with Crippen molar-refractivity contribution >= 4 is 16.5 Å². The Labute approximate surface area is 203 Å². The summed E-state index contributed by atoms with van der Waals surface area (Å²) in [6.07, 6.45) is 3.59. The highest BCUT2D eigenvalue weighted by Gasteiger charge is 2.47. The third-order valence-electron chi connectivity index (χ3n) is 7.30. The van der Waals surface area contributed by atoms with Crippen LogP contribution in [0.2, 0.25) is 0 Å². The van der Waals surface area contributed by atoms with Crippen LogP contribution in [0, 0.1) is 17.7 Å². The first kappa shape index (κ1) is 24.5. The van der Waals surface area contributed by atoms with E-state index in [2.05, 4.69) is 17.0 Å². The molecule has 2 atom stereocenters. The molecule has 1 aliphatic heterocycles. The lowest BCUT2D eigenvalue weighted by Gasteiger charge is -2.54. The van der Waals surface area contributed by atoms with Crippen LogP contribution in [0.15, 0.2) is 18.2 Å². The number of aromatic nitrogens is 2. The first-order chi connectivity index (χ1) is 16.4. The van der Waals surface area contributed by atoms with Gasteiger partial charge in [0.25, 0.3) is 0 Å². The summed E-state index contributed by atoms with van der Waals surface area (Å²) in [7, 11) is -2.60. The van der Waals surface area contributed by atoms with Gasteiger partial charge in [-0.1, -0.05) is 0 Å². The summed E-state index contributed by atoms with van der Waals surface area (Å²) in [6, 6.07) is 3.59. The molecule has 0 spiro atoms. The number of benzene rings is 1. The van der Waals surface area contributed by atoms with Gasteiger partial charge < -0.3 is 10.1 Å². The van der Waals surface area contributed by atoms with Gasteiger partial charge in [-0.25, -0.2) is 4.39 Å². The standard InChI is InChI=1S/C24H30F3N3O4S/c1-13(14-3-4-14)30-20-9-15(22(31)28-24(2)11-35(32,33)12-24)5-7-17(20)21(29-30)18-10-16(34-23(26)27)6-8-19(18)25/h6,8,10,13-15,23,32-33H,3-5,7,9,11-12H2,1-2H3,(H,28,31)/t13-,15?/m1/s1. The molecule has 2 fully saturated rings. The molecule has 1 aromatic carbocycles. The van der Waals surface area contributed by atoms with E-state index in [1.165, 1.54) is 6.07 Å². The summed E-state index contributed by atoms with van der Waals surface area (Å²) in [6.45, 7) is 0.853. The van der Waals surface area contributed by atoms with Gasteiger partial charge in [0.2, 0.25) is 5.91 Å². The van der Waals surface area contributed by atoms with Gasteiger partial charge in [-0.05, 0) is 63.6 Å². The molecule has 192 valence electrons. The van der Waals surface area contributed by atoms with Gasteiger partial charge in [0.05, 0.1) is 28.8 Å². The quantitative estimate of drug-likeness (QED) is 0.484. The molecule has 5 rings (SSSR count). The molecule has 1 aromatic heterocycles. The Balaban J connectivity index is 1.45. The predicted molar refractivity (Wildman–Crippen MR) is 126 cm³/mol. The highest BCUT2D eigenvalue weighted by molar-refractivity contribution is 8.25. The number of halogens is 3. The molecule has 0 bridgehead atoms. The summed E-state index contributed by atoms with van der Waals surface area (Å²) in [5, 5.41) is 7.75. The average Bonchev–Trinajstić information content (AvgIpc) is 3.53. The molecule has 3 aliphatic rings. The number of carbonyl (C=O) groups is 1. The van der Waals surface area contributed by atoms with Crippen molar-refractivity contribution in [2.45, 2.75) is 64.1 Å². The van der Waals surface area contributed by atoms with Gasteiger partial charge in [-0.2, -0.15) is 24.5 Å². The van der Waals surface area contributed by atoms with Crippen molar-refractivity contribution in [2.24, 2.45) is 11.8 Å². The molecular weight excluding hydrogens is 483 g/mol. The highest BCUT2D eigenvalue weighted by Crippen LogP contribution is 2.54. The van der Waals surface area contributed by atoms with Crippen LogP contribution in [0.5, 0.6) is 5.75 Å². The van der Waals surface area contributed by atoms with Crippen LogP contribution in [0.3, 0.4) is 0 Å². The van der Waals surface area contributed by atoms with Crippen molar-refractivity contribution < 1.29 is 31.8 Å². The number of nitrogens with zero attached hydrogens (tertiary/aromatic N) is 2. The number of amides is 1. The Morgan fingerprint density at radius 2 is 2.00 bits per heavy atom. The maximum absolute atomic E-state index is 14.8. The monoisotopic (exact) mass is 513 g/mol. The second-order valence-corrected chi connectivity index (χ2v) is 12.6. The first-order valence-corrected chi connectivity index (χ1v) is 13.7. The number of alkyl halides is 2. The lowest BCUT2D eigenvalue weighted by molar-refractivity contribution is -0.126. The molecule has 2 aliphatic carbocycles. The Hall–Kier alpha value is -2.24. The Morgan fingerprint density at radius 1 is 1.29 bits per heavy atom. The van der Waals surface area contributed by atoms with Gasteiger partial charge in [0.1, 0.15) is 11.6 Å². The molecule has 35 heavy (non-hydrogen) atoms. The van der Waals surface area contributed by atoms with Crippen LogP contribution in [-0.2, 0) is 17.6 Å². The van der Waals surface area contributed by atoms with E-state index in [0.717, 1.165) is 36.2 Å².